The number of nitrogens with one attached hydrogen (secondary N) is 1. The number of hydrogen-bond donors (Lipinski definition) is 1. The van der Waals surface area contributed by atoms with Crippen LogP contribution in [0.25, 0.3) is 0 Å². The molecular formula is C13H20N2. The molecule has 1 heterocycles. The average molecular weight is 204 g/mol. The van der Waals surface area contributed by atoms with E-state index in [0.29, 0.717) is 5.92 Å². The van der Waals surface area contributed by atoms with Gasteiger partial charge in [0.1, 0.15) is 0 Å². The summed E-state index contributed by atoms with van der Waals surface area (Å²) in [4.78, 5) is 4.24. The topological polar surface area (TPSA) is 24.9 Å². The van der Waals surface area contributed by atoms with Crippen LogP contribution in [-0.4, -0.2) is 17.6 Å². The molecule has 15 heavy (non-hydrogen) atoms. The first-order chi connectivity index (χ1) is 7.25. The van der Waals surface area contributed by atoms with Crippen molar-refractivity contribution in [2.24, 2.45) is 0 Å². The molecule has 0 saturated heterocycles. The zero-order valence-electron chi connectivity index (χ0n) is 9.66. The molecule has 0 aliphatic heterocycles. The second-order valence-electron chi connectivity index (χ2n) is 4.71. The minimum atomic E-state index is 0.614. The van der Waals surface area contributed by atoms with Crippen LogP contribution in [0.4, 0.5) is 0 Å². The normalized spacial score (nSPS) is 17.7. The van der Waals surface area contributed by atoms with Gasteiger partial charge in [-0.3, -0.25) is 4.98 Å². The van der Waals surface area contributed by atoms with Crippen LogP contribution in [0.2, 0.25) is 0 Å². The molecule has 1 unspecified atom stereocenters. The molecule has 1 aliphatic carbocycles. The predicted octanol–water partition coefficient (Wildman–Crippen LogP) is 2.64. The summed E-state index contributed by atoms with van der Waals surface area (Å²) in [6.45, 7) is 5.52. The molecule has 1 aromatic heterocycles. The summed E-state index contributed by atoms with van der Waals surface area (Å²) in [5.74, 6) is 0.614. The van der Waals surface area contributed by atoms with Crippen molar-refractivity contribution in [2.75, 3.05) is 6.54 Å². The number of nitrogens with zero attached hydrogens (tertiary/aromatic N) is 1. The SMILES string of the molecule is Cc1cncc(C(C)CCNC2CC2)c1. The van der Waals surface area contributed by atoms with Crippen LogP contribution >= 0.6 is 0 Å². The third-order valence-electron chi connectivity index (χ3n) is 3.05. The lowest BCUT2D eigenvalue weighted by Gasteiger charge is -2.12. The van der Waals surface area contributed by atoms with E-state index in [4.69, 9.17) is 0 Å². The highest BCUT2D eigenvalue weighted by atomic mass is 14.9. The van der Waals surface area contributed by atoms with Gasteiger partial charge in [0.25, 0.3) is 0 Å². The molecule has 1 saturated carbocycles. The van der Waals surface area contributed by atoms with Gasteiger partial charge in [0.2, 0.25) is 0 Å². The van der Waals surface area contributed by atoms with Crippen LogP contribution in [0.3, 0.4) is 0 Å². The van der Waals surface area contributed by atoms with E-state index in [2.05, 4.69) is 30.2 Å². The Morgan fingerprint density at radius 3 is 2.93 bits per heavy atom. The molecule has 1 aliphatic rings. The van der Waals surface area contributed by atoms with Gasteiger partial charge in [-0.15, -0.1) is 0 Å². The van der Waals surface area contributed by atoms with E-state index in [1.165, 1.54) is 30.4 Å². The van der Waals surface area contributed by atoms with Gasteiger partial charge in [0, 0.05) is 18.4 Å². The fraction of sp³-hybridized carbons (Fsp3) is 0.615. The summed E-state index contributed by atoms with van der Waals surface area (Å²) in [5, 5.41) is 3.55. The first-order valence-electron chi connectivity index (χ1n) is 5.90. The van der Waals surface area contributed by atoms with Crippen molar-refractivity contribution in [3.63, 3.8) is 0 Å². The van der Waals surface area contributed by atoms with Crippen molar-refractivity contribution in [1.82, 2.24) is 10.3 Å². The maximum atomic E-state index is 4.24. The summed E-state index contributed by atoms with van der Waals surface area (Å²) in [6, 6.07) is 3.07. The molecule has 1 fully saturated rings. The standard InChI is InChI=1S/C13H20N2/c1-10-7-12(9-14-8-10)11(2)5-6-15-13-3-4-13/h7-9,11,13,15H,3-6H2,1-2H3. The van der Waals surface area contributed by atoms with Gasteiger partial charge < -0.3 is 5.32 Å². The molecule has 2 rings (SSSR count). The second-order valence-corrected chi connectivity index (χ2v) is 4.71. The van der Waals surface area contributed by atoms with Crippen LogP contribution in [0.15, 0.2) is 18.5 Å². The summed E-state index contributed by atoms with van der Waals surface area (Å²) in [7, 11) is 0. The Hall–Kier alpha value is -0.890. The van der Waals surface area contributed by atoms with Gasteiger partial charge in [-0.2, -0.15) is 0 Å². The molecule has 0 aromatic carbocycles. The first kappa shape index (κ1) is 10.6. The van der Waals surface area contributed by atoms with Crippen molar-refractivity contribution in [3.05, 3.63) is 29.6 Å². The molecule has 0 spiro atoms. The molecule has 2 nitrogen and oxygen atoms in total. The van der Waals surface area contributed by atoms with E-state index in [1.807, 2.05) is 12.4 Å². The molecule has 1 N–H and O–H groups in total. The molecule has 1 aromatic rings. The molecule has 1 atom stereocenters. The third-order valence-corrected chi connectivity index (χ3v) is 3.05. The molecule has 0 radical (unpaired) electrons. The zero-order valence-corrected chi connectivity index (χ0v) is 9.66. The summed E-state index contributed by atoms with van der Waals surface area (Å²) >= 11 is 0. The highest BCUT2D eigenvalue weighted by Crippen LogP contribution is 2.21. The molecule has 0 amide bonds. The lowest BCUT2D eigenvalue weighted by Crippen LogP contribution is -2.19. The van der Waals surface area contributed by atoms with Crippen molar-refractivity contribution >= 4 is 0 Å². The minimum Gasteiger partial charge on any atom is -0.314 e. The Bertz CT molecular complexity index is 318. The summed E-state index contributed by atoms with van der Waals surface area (Å²) < 4.78 is 0. The van der Waals surface area contributed by atoms with Gasteiger partial charge in [0.15, 0.2) is 0 Å². The van der Waals surface area contributed by atoms with E-state index >= 15 is 0 Å². The average Bonchev–Trinajstić information content (AvgIpc) is 3.01. The van der Waals surface area contributed by atoms with E-state index in [1.54, 1.807) is 0 Å². The molecule has 0 bridgehead atoms. The third kappa shape index (κ3) is 3.31. The molecule has 2 heteroatoms. The van der Waals surface area contributed by atoms with E-state index in [9.17, 15) is 0 Å². The van der Waals surface area contributed by atoms with Gasteiger partial charge in [-0.1, -0.05) is 13.0 Å². The maximum absolute atomic E-state index is 4.24. The number of hydrogen-bond acceptors (Lipinski definition) is 2. The largest absolute Gasteiger partial charge is 0.314 e. The van der Waals surface area contributed by atoms with Crippen LogP contribution in [0.1, 0.15) is 43.2 Å². The first-order valence-corrected chi connectivity index (χ1v) is 5.90. The summed E-state index contributed by atoms with van der Waals surface area (Å²) in [6.07, 6.45) is 7.87. The lowest BCUT2D eigenvalue weighted by molar-refractivity contribution is 0.590. The Morgan fingerprint density at radius 1 is 1.47 bits per heavy atom. The van der Waals surface area contributed by atoms with Crippen LogP contribution < -0.4 is 5.32 Å². The van der Waals surface area contributed by atoms with Crippen molar-refractivity contribution < 1.29 is 0 Å². The maximum Gasteiger partial charge on any atom is 0.0302 e. The Kier molecular flexibility index (Phi) is 3.37. The smallest absolute Gasteiger partial charge is 0.0302 e. The lowest BCUT2D eigenvalue weighted by atomic mass is 9.98. The van der Waals surface area contributed by atoms with E-state index < -0.39 is 0 Å². The van der Waals surface area contributed by atoms with Crippen LogP contribution in [0, 0.1) is 6.92 Å². The fourth-order valence-corrected chi connectivity index (χ4v) is 1.81. The number of aromatic nitrogens is 1. The molecule has 82 valence electrons. The van der Waals surface area contributed by atoms with Crippen molar-refractivity contribution in [3.8, 4) is 0 Å². The van der Waals surface area contributed by atoms with Crippen molar-refractivity contribution in [1.29, 1.82) is 0 Å². The second kappa shape index (κ2) is 4.75. The minimum absolute atomic E-state index is 0.614. The number of pyridine rings is 1. The Morgan fingerprint density at radius 2 is 2.27 bits per heavy atom. The molecular weight excluding hydrogens is 184 g/mol. The Balaban J connectivity index is 1.80. The summed E-state index contributed by atoms with van der Waals surface area (Å²) in [5.41, 5.74) is 2.63. The van der Waals surface area contributed by atoms with Gasteiger partial charge in [-0.25, -0.2) is 0 Å². The zero-order chi connectivity index (χ0) is 10.7. The monoisotopic (exact) mass is 204 g/mol. The predicted molar refractivity (Wildman–Crippen MR) is 63.0 cm³/mol. The van der Waals surface area contributed by atoms with Gasteiger partial charge in [-0.05, 0) is 49.8 Å². The number of rotatable bonds is 5. The highest BCUT2D eigenvalue weighted by molar-refractivity contribution is 5.19. The van der Waals surface area contributed by atoms with Crippen molar-refractivity contribution in [2.45, 2.75) is 45.1 Å². The quantitative estimate of drug-likeness (QED) is 0.797. The van der Waals surface area contributed by atoms with Crippen LogP contribution in [-0.2, 0) is 0 Å². The fourth-order valence-electron chi connectivity index (χ4n) is 1.81. The highest BCUT2D eigenvalue weighted by Gasteiger charge is 2.20. The Labute approximate surface area is 92.1 Å². The van der Waals surface area contributed by atoms with Gasteiger partial charge in [0.05, 0.1) is 0 Å². The van der Waals surface area contributed by atoms with E-state index in [-0.39, 0.29) is 0 Å². The van der Waals surface area contributed by atoms with Gasteiger partial charge >= 0.3 is 0 Å². The van der Waals surface area contributed by atoms with Crippen LogP contribution in [0.5, 0.6) is 0 Å². The van der Waals surface area contributed by atoms with E-state index in [0.717, 1.165) is 12.6 Å². The number of aryl methyl sites for hydroxylation is 1.